The average Bonchev–Trinajstić information content (AvgIpc) is 2.15. The van der Waals surface area contributed by atoms with Crippen LogP contribution in [0.3, 0.4) is 0 Å². The second-order valence-electron chi connectivity index (χ2n) is 3.96. The maximum Gasteiger partial charge on any atom is 0.0270 e. The van der Waals surface area contributed by atoms with E-state index in [4.69, 9.17) is 5.53 Å². The van der Waals surface area contributed by atoms with Crippen molar-refractivity contribution in [2.75, 3.05) is 39.8 Å². The lowest BCUT2D eigenvalue weighted by Crippen LogP contribution is -2.50. The number of hydrogen-bond acceptors (Lipinski definition) is 3. The van der Waals surface area contributed by atoms with Crippen molar-refractivity contribution in [1.29, 1.82) is 0 Å². The van der Waals surface area contributed by atoms with Crippen LogP contribution < -0.4 is 0 Å². The topological polar surface area (TPSA) is 55.2 Å². The lowest BCUT2D eigenvalue weighted by molar-refractivity contribution is 0.0998. The zero-order valence-corrected chi connectivity index (χ0v) is 9.06. The van der Waals surface area contributed by atoms with Crippen molar-refractivity contribution in [2.24, 2.45) is 5.11 Å². The smallest absolute Gasteiger partial charge is 0.0270 e. The van der Waals surface area contributed by atoms with Crippen molar-refractivity contribution in [3.05, 3.63) is 10.4 Å². The molecule has 1 unspecified atom stereocenters. The maximum absolute atomic E-state index is 8.13. The van der Waals surface area contributed by atoms with E-state index in [9.17, 15) is 0 Å². The number of nitrogens with zero attached hydrogens (tertiary/aromatic N) is 5. The second kappa shape index (κ2) is 5.86. The van der Waals surface area contributed by atoms with Gasteiger partial charge < -0.3 is 4.90 Å². The Morgan fingerprint density at radius 2 is 2.29 bits per heavy atom. The highest BCUT2D eigenvalue weighted by molar-refractivity contribution is 4.77. The van der Waals surface area contributed by atoms with Gasteiger partial charge in [0, 0.05) is 37.1 Å². The SMILES string of the molecule is CC1CN(C)CCN1CCCN=[N+]=[N-]. The van der Waals surface area contributed by atoms with Crippen molar-refractivity contribution in [3.63, 3.8) is 0 Å². The van der Waals surface area contributed by atoms with Crippen LogP contribution in [0.15, 0.2) is 5.11 Å². The van der Waals surface area contributed by atoms with Crippen LogP contribution in [0.25, 0.3) is 10.4 Å². The molecule has 5 nitrogen and oxygen atoms in total. The molecule has 1 fully saturated rings. The molecule has 0 N–H and O–H groups in total. The number of rotatable bonds is 4. The summed E-state index contributed by atoms with van der Waals surface area (Å²) in [7, 11) is 2.16. The Labute approximate surface area is 85.3 Å². The van der Waals surface area contributed by atoms with E-state index in [1.807, 2.05) is 0 Å². The molecule has 0 aromatic heterocycles. The van der Waals surface area contributed by atoms with E-state index in [0.29, 0.717) is 12.6 Å². The normalized spacial score (nSPS) is 24.6. The van der Waals surface area contributed by atoms with Crippen LogP contribution in [-0.2, 0) is 0 Å². The molecule has 0 amide bonds. The Hall–Kier alpha value is -0.770. The third kappa shape index (κ3) is 3.54. The zero-order chi connectivity index (χ0) is 10.4. The molecule has 1 aliphatic heterocycles. The Bertz CT molecular complexity index is 211. The van der Waals surface area contributed by atoms with Crippen LogP contribution in [-0.4, -0.2) is 55.6 Å². The highest BCUT2D eigenvalue weighted by Gasteiger charge is 2.20. The molecular weight excluding hydrogens is 178 g/mol. The van der Waals surface area contributed by atoms with Gasteiger partial charge in [-0.3, -0.25) is 4.90 Å². The molecule has 0 aromatic carbocycles. The Kier molecular flexibility index (Phi) is 4.73. The summed E-state index contributed by atoms with van der Waals surface area (Å²) in [6.45, 7) is 7.34. The number of hydrogen-bond donors (Lipinski definition) is 0. The van der Waals surface area contributed by atoms with E-state index in [1.165, 1.54) is 0 Å². The molecule has 1 saturated heterocycles. The molecule has 80 valence electrons. The van der Waals surface area contributed by atoms with E-state index >= 15 is 0 Å². The Balaban J connectivity index is 2.20. The monoisotopic (exact) mass is 197 g/mol. The lowest BCUT2D eigenvalue weighted by Gasteiger charge is -2.38. The molecule has 0 aliphatic carbocycles. The van der Waals surface area contributed by atoms with Gasteiger partial charge in [0.05, 0.1) is 0 Å². The van der Waals surface area contributed by atoms with Crippen LogP contribution in [0.4, 0.5) is 0 Å². The van der Waals surface area contributed by atoms with Gasteiger partial charge in [0.25, 0.3) is 0 Å². The molecule has 0 spiro atoms. The van der Waals surface area contributed by atoms with Crippen molar-refractivity contribution in [3.8, 4) is 0 Å². The number of piperazine rings is 1. The summed E-state index contributed by atoms with van der Waals surface area (Å²) in [6, 6.07) is 0.625. The van der Waals surface area contributed by atoms with Gasteiger partial charge in [-0.2, -0.15) is 0 Å². The van der Waals surface area contributed by atoms with Crippen LogP contribution >= 0.6 is 0 Å². The van der Waals surface area contributed by atoms with Crippen molar-refractivity contribution < 1.29 is 0 Å². The van der Waals surface area contributed by atoms with Crippen molar-refractivity contribution >= 4 is 0 Å². The summed E-state index contributed by atoms with van der Waals surface area (Å²) in [6.07, 6.45) is 0.970. The molecule has 0 aromatic rings. The molecule has 0 radical (unpaired) electrons. The van der Waals surface area contributed by atoms with Crippen LogP contribution in [0.5, 0.6) is 0 Å². The molecule has 1 aliphatic rings. The zero-order valence-electron chi connectivity index (χ0n) is 9.06. The highest BCUT2D eigenvalue weighted by Crippen LogP contribution is 2.07. The maximum atomic E-state index is 8.13. The molecule has 14 heavy (non-hydrogen) atoms. The summed E-state index contributed by atoms with van der Waals surface area (Å²) < 4.78 is 0. The molecule has 0 saturated carbocycles. The predicted octanol–water partition coefficient (Wildman–Crippen LogP) is 1.32. The predicted molar refractivity (Wildman–Crippen MR) is 57.2 cm³/mol. The first-order chi connectivity index (χ1) is 6.74. The third-order valence-corrected chi connectivity index (χ3v) is 2.73. The van der Waals surface area contributed by atoms with Crippen molar-refractivity contribution in [1.82, 2.24) is 9.80 Å². The molecule has 1 atom stereocenters. The quantitative estimate of drug-likeness (QED) is 0.295. The van der Waals surface area contributed by atoms with Gasteiger partial charge in [-0.05, 0) is 32.5 Å². The largest absolute Gasteiger partial charge is 0.304 e. The number of azide groups is 1. The molecule has 5 heteroatoms. The summed E-state index contributed by atoms with van der Waals surface area (Å²) in [4.78, 5) is 7.57. The van der Waals surface area contributed by atoms with Gasteiger partial charge in [-0.1, -0.05) is 5.11 Å². The van der Waals surface area contributed by atoms with E-state index in [2.05, 4.69) is 33.8 Å². The van der Waals surface area contributed by atoms with Crippen LogP contribution in [0.2, 0.25) is 0 Å². The summed E-state index contributed by atoms with van der Waals surface area (Å²) in [5.74, 6) is 0. The van der Waals surface area contributed by atoms with E-state index in [0.717, 1.165) is 32.6 Å². The molecule has 0 bridgehead atoms. The van der Waals surface area contributed by atoms with E-state index in [1.54, 1.807) is 0 Å². The fourth-order valence-corrected chi connectivity index (χ4v) is 1.90. The Morgan fingerprint density at radius 1 is 1.50 bits per heavy atom. The summed E-state index contributed by atoms with van der Waals surface area (Å²) >= 11 is 0. The molecular formula is C9H19N5. The summed E-state index contributed by atoms with van der Waals surface area (Å²) in [5.41, 5.74) is 8.13. The van der Waals surface area contributed by atoms with Gasteiger partial charge in [-0.25, -0.2) is 0 Å². The van der Waals surface area contributed by atoms with Gasteiger partial charge in [0.1, 0.15) is 0 Å². The minimum atomic E-state index is 0.621. The standard InChI is InChI=1S/C9H19N5/c1-9-8-13(2)6-7-14(9)5-3-4-11-12-10/h9H,3-8H2,1-2H3. The molecule has 1 rings (SSSR count). The third-order valence-electron chi connectivity index (χ3n) is 2.73. The minimum Gasteiger partial charge on any atom is -0.304 e. The molecule has 1 heterocycles. The fourth-order valence-electron chi connectivity index (χ4n) is 1.90. The fraction of sp³-hybridized carbons (Fsp3) is 1.00. The first-order valence-corrected chi connectivity index (χ1v) is 5.17. The summed E-state index contributed by atoms with van der Waals surface area (Å²) in [5, 5.41) is 3.54. The highest BCUT2D eigenvalue weighted by atomic mass is 15.3. The van der Waals surface area contributed by atoms with Crippen molar-refractivity contribution in [2.45, 2.75) is 19.4 Å². The lowest BCUT2D eigenvalue weighted by atomic mass is 10.2. The van der Waals surface area contributed by atoms with Gasteiger partial charge in [0.15, 0.2) is 0 Å². The minimum absolute atomic E-state index is 0.621. The first-order valence-electron chi connectivity index (χ1n) is 5.17. The van der Waals surface area contributed by atoms with Gasteiger partial charge in [0.2, 0.25) is 0 Å². The van der Waals surface area contributed by atoms with Gasteiger partial charge in [-0.15, -0.1) is 0 Å². The second-order valence-corrected chi connectivity index (χ2v) is 3.96. The van der Waals surface area contributed by atoms with Crippen LogP contribution in [0.1, 0.15) is 13.3 Å². The van der Waals surface area contributed by atoms with Crippen LogP contribution in [0, 0.1) is 0 Å². The first kappa shape index (κ1) is 11.3. The number of likely N-dealkylation sites (N-methyl/N-ethyl adjacent to an activating group) is 1. The average molecular weight is 197 g/mol. The van der Waals surface area contributed by atoms with E-state index in [-0.39, 0.29) is 0 Å². The van der Waals surface area contributed by atoms with E-state index < -0.39 is 0 Å². The van der Waals surface area contributed by atoms with Gasteiger partial charge >= 0.3 is 0 Å². The Morgan fingerprint density at radius 3 is 2.93 bits per heavy atom.